The van der Waals surface area contributed by atoms with E-state index in [0.717, 1.165) is 12.2 Å². The second kappa shape index (κ2) is 29.9. The predicted molar refractivity (Wildman–Crippen MR) is 133 cm³/mol. The Morgan fingerprint density at radius 3 is 0.843 bits per heavy atom. The van der Waals surface area contributed by atoms with Gasteiger partial charge in [-0.25, -0.2) is 9.97 Å². The van der Waals surface area contributed by atoms with Crippen LogP contribution in [0, 0.1) is 0 Å². The molecular formula is C24H26N4O20Zn3. The van der Waals surface area contributed by atoms with Crippen LogP contribution in [0.2, 0.25) is 0 Å². The number of aliphatic hydroxyl groups excluding tert-OH is 8. The van der Waals surface area contributed by atoms with Crippen molar-refractivity contribution >= 4 is 48.0 Å². The minimum Gasteiger partial charge on any atom is -0.547 e. The maximum atomic E-state index is 9.96. The fourth-order valence-electron chi connectivity index (χ4n) is 2.34. The Labute approximate surface area is 322 Å². The number of hydrogen-bond donors (Lipinski definition) is 10. The molecule has 0 saturated carbocycles. The average Bonchev–Trinajstić information content (AvgIpc) is 3.75. The molecule has 51 heavy (non-hydrogen) atoms. The summed E-state index contributed by atoms with van der Waals surface area (Å²) in [6.45, 7) is 0. The molecule has 2 aromatic rings. The summed E-state index contributed by atoms with van der Waals surface area (Å²) in [5, 5.41) is 129. The topological polar surface area (TPSA) is 460 Å². The molecule has 8 atom stereocenters. The largest absolute Gasteiger partial charge is 2.00 e. The molecule has 10 N–H and O–H groups in total. The van der Waals surface area contributed by atoms with Crippen molar-refractivity contribution in [2.45, 2.75) is 48.8 Å². The van der Waals surface area contributed by atoms with Gasteiger partial charge in [0, 0.05) is 12.4 Å². The summed E-state index contributed by atoms with van der Waals surface area (Å²) >= 11 is 0. The van der Waals surface area contributed by atoms with Crippen LogP contribution in [-0.2, 0) is 87.2 Å². The van der Waals surface area contributed by atoms with Gasteiger partial charge in [0.1, 0.15) is 48.8 Å². The fraction of sp³-hybridized carbons (Fsp3) is 0.333. The van der Waals surface area contributed by atoms with Gasteiger partial charge < -0.3 is 110 Å². The number of carboxylic acids is 6. The minimum absolute atomic E-state index is 0. The molecular weight excluding hydrogens is 860 g/mol. The summed E-state index contributed by atoms with van der Waals surface area (Å²) in [7, 11) is 0. The summed E-state index contributed by atoms with van der Waals surface area (Å²) in [5.41, 5.74) is 1.15. The van der Waals surface area contributed by atoms with Crippen molar-refractivity contribution in [3.63, 3.8) is 0 Å². The van der Waals surface area contributed by atoms with Gasteiger partial charge in [-0.1, -0.05) is 0 Å². The molecule has 0 amide bonds. The number of nitrogens with one attached hydrogen (secondary N) is 2. The van der Waals surface area contributed by atoms with Gasteiger partial charge >= 0.3 is 58.4 Å². The number of carbonyl (C=O) groups is 6. The zero-order valence-electron chi connectivity index (χ0n) is 25.7. The van der Waals surface area contributed by atoms with E-state index in [1.807, 2.05) is 0 Å². The molecule has 24 nitrogen and oxygen atoms in total. The average molecular weight is 887 g/mol. The third-order valence-electron chi connectivity index (χ3n) is 4.78. The number of aromatic amines is 2. The van der Waals surface area contributed by atoms with E-state index in [0.29, 0.717) is 11.4 Å². The van der Waals surface area contributed by atoms with Crippen LogP contribution in [0.15, 0.2) is 37.2 Å². The molecule has 0 unspecified atom stereocenters. The second-order valence-corrected chi connectivity index (χ2v) is 8.31. The molecule has 0 fully saturated rings. The molecule has 27 heteroatoms. The molecule has 0 saturated heterocycles. The van der Waals surface area contributed by atoms with Crippen LogP contribution < -0.4 is 30.6 Å². The van der Waals surface area contributed by atoms with Gasteiger partial charge in [0.05, 0.1) is 59.9 Å². The SMILES string of the molecule is O=C([O-])C=Cc1c[nH]cn1.O=C([O-])C=Cc1c[nH]cn1.O=C([O-])[C@@H](O)[C@@H](O)[C@H](O)[C@@H](O)C(=O)[O-].O=C([O-])[C@@H](O)[C@@H](O)[C@H](O)[C@@H](O)C(=O)[O-].[Zn+2].[Zn+2].[Zn+2]. The van der Waals surface area contributed by atoms with E-state index in [9.17, 15) is 59.4 Å². The summed E-state index contributed by atoms with van der Waals surface area (Å²) in [5.74, 6) is -10.9. The normalized spacial score (nSPS) is 14.7. The molecule has 0 aromatic carbocycles. The first-order chi connectivity index (χ1) is 22.1. The molecule has 0 aliphatic rings. The number of nitrogens with zero attached hydrogens (tertiary/aromatic N) is 2. The number of hydrogen-bond acceptors (Lipinski definition) is 22. The van der Waals surface area contributed by atoms with Crippen LogP contribution in [0.3, 0.4) is 0 Å². The van der Waals surface area contributed by atoms with Crippen molar-refractivity contribution in [2.75, 3.05) is 0 Å². The van der Waals surface area contributed by atoms with Crippen LogP contribution >= 0.6 is 0 Å². The van der Waals surface area contributed by atoms with Crippen molar-refractivity contribution in [3.05, 3.63) is 48.6 Å². The Morgan fingerprint density at radius 2 is 0.706 bits per heavy atom. The van der Waals surface area contributed by atoms with Crippen molar-refractivity contribution in [2.24, 2.45) is 0 Å². The quantitative estimate of drug-likeness (QED) is 0.0622. The summed E-state index contributed by atoms with van der Waals surface area (Å²) in [4.78, 5) is 72.4. The predicted octanol–water partition coefficient (Wildman–Crippen LogP) is -13.8. The van der Waals surface area contributed by atoms with Crippen LogP contribution in [0.5, 0.6) is 0 Å². The second-order valence-electron chi connectivity index (χ2n) is 8.31. The Kier molecular flexibility index (Phi) is 33.3. The number of carbonyl (C=O) groups excluding carboxylic acids is 6. The molecule has 0 aliphatic carbocycles. The van der Waals surface area contributed by atoms with Gasteiger partial charge in [0.25, 0.3) is 0 Å². The van der Waals surface area contributed by atoms with Crippen LogP contribution in [0.25, 0.3) is 12.2 Å². The van der Waals surface area contributed by atoms with Crippen molar-refractivity contribution < 1.29 is 159 Å². The van der Waals surface area contributed by atoms with E-state index in [4.69, 9.17) is 40.9 Å². The molecule has 268 valence electrons. The van der Waals surface area contributed by atoms with E-state index in [-0.39, 0.29) is 58.4 Å². The van der Waals surface area contributed by atoms with Gasteiger partial charge in [-0.3, -0.25) is 0 Å². The summed E-state index contributed by atoms with van der Waals surface area (Å²) < 4.78 is 0. The number of rotatable bonds is 14. The fourth-order valence-corrected chi connectivity index (χ4v) is 2.34. The van der Waals surface area contributed by atoms with Crippen molar-refractivity contribution in [3.8, 4) is 0 Å². The first-order valence-electron chi connectivity index (χ1n) is 12.2. The molecule has 0 bridgehead atoms. The number of carboxylic acid groups (broad SMARTS) is 6. The molecule has 2 rings (SSSR count). The molecule has 2 heterocycles. The van der Waals surface area contributed by atoms with Crippen LogP contribution in [0.4, 0.5) is 0 Å². The maximum absolute atomic E-state index is 9.96. The zero-order valence-corrected chi connectivity index (χ0v) is 34.6. The Morgan fingerprint density at radius 1 is 0.490 bits per heavy atom. The van der Waals surface area contributed by atoms with Gasteiger partial charge in [-0.05, 0) is 24.3 Å². The monoisotopic (exact) mass is 882 g/mol. The van der Waals surface area contributed by atoms with Crippen molar-refractivity contribution in [1.82, 2.24) is 19.9 Å². The Hall–Kier alpha value is -3.73. The third kappa shape index (κ3) is 25.0. The first-order valence-corrected chi connectivity index (χ1v) is 12.2. The van der Waals surface area contributed by atoms with E-state index in [1.165, 1.54) is 24.8 Å². The number of aromatic nitrogens is 4. The summed E-state index contributed by atoms with van der Waals surface area (Å²) in [6, 6.07) is 0. The Bertz CT molecular complexity index is 1210. The Balaban J connectivity index is -0.000000183. The minimum atomic E-state index is -2.50. The standard InChI is InChI=1S/2C6H6N2O2.2C6H10O8.3Zn/c2*9-6(10)2-1-5-3-7-4-8-5;2*7-1(3(9)5(11)12)2(8)4(10)6(13)14;;;/h2*1-4H,(H,7,8)(H,9,10);2*1-4,7-10H,(H,11,12)(H,13,14);;;/q;;;;3*+2/p-6/t;;2*1-,2-,3-,4+;;;/m..00.../s1. The van der Waals surface area contributed by atoms with E-state index in [1.54, 1.807) is 12.4 Å². The maximum Gasteiger partial charge on any atom is 2.00 e. The zero-order chi connectivity index (χ0) is 37.7. The van der Waals surface area contributed by atoms with Gasteiger partial charge in [-0.15, -0.1) is 0 Å². The van der Waals surface area contributed by atoms with E-state index in [2.05, 4.69) is 19.9 Å². The van der Waals surface area contributed by atoms with Crippen LogP contribution in [-0.4, -0.2) is 145 Å². The van der Waals surface area contributed by atoms with Gasteiger partial charge in [0.2, 0.25) is 0 Å². The number of imidazole rings is 2. The third-order valence-corrected chi connectivity index (χ3v) is 4.78. The molecule has 0 aliphatic heterocycles. The van der Waals surface area contributed by atoms with Gasteiger partial charge in [0.15, 0.2) is 0 Å². The molecule has 0 spiro atoms. The molecule has 0 radical (unpaired) electrons. The number of H-pyrrole nitrogens is 2. The first kappa shape index (κ1) is 56.6. The van der Waals surface area contributed by atoms with Crippen molar-refractivity contribution in [1.29, 1.82) is 0 Å². The number of aliphatic hydroxyl groups is 8. The van der Waals surface area contributed by atoms with Gasteiger partial charge in [-0.2, -0.15) is 0 Å². The molecule has 2 aromatic heterocycles. The van der Waals surface area contributed by atoms with E-state index >= 15 is 0 Å². The van der Waals surface area contributed by atoms with E-state index < -0.39 is 84.6 Å². The van der Waals surface area contributed by atoms with Crippen LogP contribution in [0.1, 0.15) is 11.4 Å². The number of aliphatic carboxylic acids is 6. The summed E-state index contributed by atoms with van der Waals surface area (Å²) in [6.07, 6.45) is -8.87. The smallest absolute Gasteiger partial charge is 0.547 e.